The van der Waals surface area contributed by atoms with Gasteiger partial charge in [-0.2, -0.15) is 0 Å². The van der Waals surface area contributed by atoms with Gasteiger partial charge >= 0.3 is 11.8 Å². The Hall–Kier alpha value is -2.90. The summed E-state index contributed by atoms with van der Waals surface area (Å²) in [6.07, 6.45) is 1.18. The van der Waals surface area contributed by atoms with Crippen molar-refractivity contribution < 1.29 is 19.2 Å². The van der Waals surface area contributed by atoms with Gasteiger partial charge in [0.2, 0.25) is 0 Å². The van der Waals surface area contributed by atoms with E-state index in [1.807, 2.05) is 6.92 Å². The number of hydrogen-bond acceptors (Lipinski definition) is 6. The molecule has 0 bridgehead atoms. The summed E-state index contributed by atoms with van der Waals surface area (Å²) >= 11 is 0. The van der Waals surface area contributed by atoms with Gasteiger partial charge in [0.15, 0.2) is 5.82 Å². The largest absolute Gasteiger partial charge is 0.496 e. The molecule has 2 rings (SSSR count). The molecule has 0 aliphatic rings. The Morgan fingerprint density at radius 2 is 2.13 bits per heavy atom. The van der Waals surface area contributed by atoms with Crippen molar-refractivity contribution in [2.45, 2.75) is 20.4 Å². The number of aryl methyl sites for hydroxylation is 2. The summed E-state index contributed by atoms with van der Waals surface area (Å²) in [5, 5.41) is 10.9. The molecule has 0 aliphatic carbocycles. The van der Waals surface area contributed by atoms with Crippen LogP contribution in [0.5, 0.6) is 5.75 Å². The molecule has 23 heavy (non-hydrogen) atoms. The van der Waals surface area contributed by atoms with Gasteiger partial charge in [0.25, 0.3) is 0 Å². The first kappa shape index (κ1) is 16.5. The van der Waals surface area contributed by atoms with E-state index in [0.717, 1.165) is 5.56 Å². The van der Waals surface area contributed by atoms with E-state index in [1.165, 1.54) is 17.9 Å². The molecule has 8 nitrogen and oxygen atoms in total. The zero-order chi connectivity index (χ0) is 17.0. The highest BCUT2D eigenvalue weighted by Gasteiger charge is 2.18. The molecule has 0 aliphatic heterocycles. The third-order valence-corrected chi connectivity index (χ3v) is 3.41. The second-order valence-electron chi connectivity index (χ2n) is 4.89. The van der Waals surface area contributed by atoms with Crippen molar-refractivity contribution in [1.29, 1.82) is 0 Å². The quantitative estimate of drug-likeness (QED) is 0.460. The number of nitro groups is 1. The summed E-state index contributed by atoms with van der Waals surface area (Å²) in [7, 11) is 1.53. The maximum absolute atomic E-state index is 12.0. The molecule has 122 valence electrons. The molecular formula is C15H17N3O5. The molecule has 8 heteroatoms. The lowest BCUT2D eigenvalue weighted by atomic mass is 10.1. The van der Waals surface area contributed by atoms with E-state index < -0.39 is 10.9 Å². The zero-order valence-corrected chi connectivity index (χ0v) is 13.1. The molecule has 0 radical (unpaired) electrons. The van der Waals surface area contributed by atoms with Crippen LogP contribution in [0.4, 0.5) is 5.82 Å². The van der Waals surface area contributed by atoms with Gasteiger partial charge in [-0.1, -0.05) is 6.07 Å². The highest BCUT2D eigenvalue weighted by Crippen LogP contribution is 2.19. The van der Waals surface area contributed by atoms with Gasteiger partial charge in [-0.15, -0.1) is 0 Å². The molecular weight excluding hydrogens is 302 g/mol. The molecule has 0 amide bonds. The second kappa shape index (κ2) is 6.91. The van der Waals surface area contributed by atoms with Gasteiger partial charge in [0.1, 0.15) is 25.1 Å². The average Bonchev–Trinajstić information content (AvgIpc) is 2.89. The molecule has 2 aromatic rings. The van der Waals surface area contributed by atoms with Crippen LogP contribution in [-0.2, 0) is 11.3 Å². The molecule has 0 unspecified atom stereocenters. The van der Waals surface area contributed by atoms with Crippen LogP contribution in [0, 0.1) is 24.0 Å². The van der Waals surface area contributed by atoms with Crippen LogP contribution in [0.15, 0.2) is 24.4 Å². The van der Waals surface area contributed by atoms with Gasteiger partial charge in [-0.3, -0.25) is 0 Å². The number of carbonyl (C=O) groups is 1. The second-order valence-corrected chi connectivity index (χ2v) is 4.89. The first-order chi connectivity index (χ1) is 10.9. The molecule has 1 aromatic heterocycles. The lowest BCUT2D eigenvalue weighted by molar-refractivity contribution is -0.392. The third-order valence-electron chi connectivity index (χ3n) is 3.41. The van der Waals surface area contributed by atoms with Crippen LogP contribution in [0.3, 0.4) is 0 Å². The van der Waals surface area contributed by atoms with Crippen molar-refractivity contribution in [1.82, 2.24) is 9.55 Å². The van der Waals surface area contributed by atoms with Crippen molar-refractivity contribution in [2.24, 2.45) is 0 Å². The summed E-state index contributed by atoms with van der Waals surface area (Å²) in [5.41, 5.74) is 1.28. The predicted molar refractivity (Wildman–Crippen MR) is 81.6 cm³/mol. The topological polar surface area (TPSA) is 96.5 Å². The number of imidazole rings is 1. The van der Waals surface area contributed by atoms with Gasteiger partial charge < -0.3 is 19.6 Å². The number of ether oxygens (including phenoxy) is 2. The molecule has 1 aromatic carbocycles. The molecule has 0 N–H and O–H groups in total. The minimum absolute atomic E-state index is 0.00701. The Bertz CT molecular complexity index is 739. The molecule has 0 atom stereocenters. The standard InChI is InChI=1S/C15H17N3O5/c1-10-4-5-12(8-13(10)22-3)15(19)23-7-6-17-11(2)16-9-14(17)18(20)21/h4-5,8-9H,6-7H2,1-3H3. The Morgan fingerprint density at radius 1 is 1.39 bits per heavy atom. The van der Waals surface area contributed by atoms with Crippen molar-refractivity contribution in [3.05, 3.63) is 51.5 Å². The lowest BCUT2D eigenvalue weighted by Gasteiger charge is -2.08. The predicted octanol–water partition coefficient (Wildman–Crippen LogP) is 2.27. The molecule has 0 saturated carbocycles. The number of benzene rings is 1. The molecule has 0 fully saturated rings. The fourth-order valence-electron chi connectivity index (χ4n) is 2.14. The third kappa shape index (κ3) is 3.65. The Morgan fingerprint density at radius 3 is 2.78 bits per heavy atom. The fourth-order valence-corrected chi connectivity index (χ4v) is 2.14. The minimum atomic E-state index is -0.521. The van der Waals surface area contributed by atoms with E-state index in [-0.39, 0.29) is 19.0 Å². The number of aromatic nitrogens is 2. The fraction of sp³-hybridized carbons (Fsp3) is 0.333. The van der Waals surface area contributed by atoms with Crippen molar-refractivity contribution >= 4 is 11.8 Å². The van der Waals surface area contributed by atoms with E-state index in [0.29, 0.717) is 17.1 Å². The normalized spacial score (nSPS) is 10.4. The van der Waals surface area contributed by atoms with Crippen LogP contribution >= 0.6 is 0 Å². The van der Waals surface area contributed by atoms with E-state index in [4.69, 9.17) is 9.47 Å². The Kier molecular flexibility index (Phi) is 4.95. The monoisotopic (exact) mass is 319 g/mol. The van der Waals surface area contributed by atoms with Crippen molar-refractivity contribution in [3.63, 3.8) is 0 Å². The van der Waals surface area contributed by atoms with Crippen LogP contribution in [0.2, 0.25) is 0 Å². The first-order valence-corrected chi connectivity index (χ1v) is 6.92. The number of esters is 1. The van der Waals surface area contributed by atoms with Crippen LogP contribution in [0.25, 0.3) is 0 Å². The summed E-state index contributed by atoms with van der Waals surface area (Å²) in [4.78, 5) is 26.3. The van der Waals surface area contributed by atoms with Crippen LogP contribution < -0.4 is 4.74 Å². The molecule has 0 saturated heterocycles. The minimum Gasteiger partial charge on any atom is -0.496 e. The molecule has 1 heterocycles. The van der Waals surface area contributed by atoms with E-state index in [9.17, 15) is 14.9 Å². The lowest BCUT2D eigenvalue weighted by Crippen LogP contribution is -2.14. The van der Waals surface area contributed by atoms with Gasteiger partial charge in [-0.05, 0) is 29.5 Å². The number of nitrogens with zero attached hydrogens (tertiary/aromatic N) is 3. The first-order valence-electron chi connectivity index (χ1n) is 6.92. The summed E-state index contributed by atoms with van der Waals surface area (Å²) in [6.45, 7) is 3.69. The Labute approximate surface area is 132 Å². The maximum atomic E-state index is 12.0. The summed E-state index contributed by atoms with van der Waals surface area (Å²) in [5.74, 6) is 0.449. The SMILES string of the molecule is COc1cc(C(=O)OCCn2c([N+](=O)[O-])cnc2C)ccc1C. The smallest absolute Gasteiger partial charge is 0.342 e. The number of hydrogen-bond donors (Lipinski definition) is 0. The average molecular weight is 319 g/mol. The highest BCUT2D eigenvalue weighted by molar-refractivity contribution is 5.90. The van der Waals surface area contributed by atoms with Crippen LogP contribution in [0.1, 0.15) is 21.7 Å². The van der Waals surface area contributed by atoms with Gasteiger partial charge in [0, 0.05) is 6.92 Å². The summed E-state index contributed by atoms with van der Waals surface area (Å²) < 4.78 is 11.7. The van der Waals surface area contributed by atoms with Crippen molar-refractivity contribution in [2.75, 3.05) is 13.7 Å². The molecule has 0 spiro atoms. The summed E-state index contributed by atoms with van der Waals surface area (Å²) in [6, 6.07) is 5.01. The number of carbonyl (C=O) groups excluding carboxylic acids is 1. The highest BCUT2D eigenvalue weighted by atomic mass is 16.6. The Balaban J connectivity index is 2.00. The number of methoxy groups -OCH3 is 1. The van der Waals surface area contributed by atoms with Crippen LogP contribution in [-0.4, -0.2) is 34.2 Å². The maximum Gasteiger partial charge on any atom is 0.342 e. The van der Waals surface area contributed by atoms with E-state index in [1.54, 1.807) is 25.1 Å². The van der Waals surface area contributed by atoms with Gasteiger partial charge in [0.05, 0.1) is 12.7 Å². The zero-order valence-electron chi connectivity index (χ0n) is 13.1. The van der Waals surface area contributed by atoms with Crippen molar-refractivity contribution in [3.8, 4) is 5.75 Å². The van der Waals surface area contributed by atoms with Gasteiger partial charge in [-0.25, -0.2) is 14.3 Å². The van der Waals surface area contributed by atoms with E-state index in [2.05, 4.69) is 4.98 Å². The number of rotatable bonds is 6. The van der Waals surface area contributed by atoms with E-state index >= 15 is 0 Å².